The topological polar surface area (TPSA) is 180 Å². The number of carboxylic acids is 2. The van der Waals surface area contributed by atoms with Crippen molar-refractivity contribution in [2.75, 3.05) is 25.5 Å². The number of carboxylic acid groups (broad SMARTS) is 2. The third-order valence-electron chi connectivity index (χ3n) is 7.12. The summed E-state index contributed by atoms with van der Waals surface area (Å²) >= 11 is 1.85. The van der Waals surface area contributed by atoms with E-state index in [2.05, 4.69) is 16.0 Å². The highest BCUT2D eigenvalue weighted by Crippen LogP contribution is 2.33. The summed E-state index contributed by atoms with van der Waals surface area (Å²) in [5, 5.41) is 26.9. The summed E-state index contributed by atoms with van der Waals surface area (Å²) in [6.45, 7) is -0.693. The number of fused-ring (bicyclic) bond motifs is 1. The van der Waals surface area contributed by atoms with E-state index in [0.29, 0.717) is 47.1 Å². The normalized spacial score (nSPS) is 18.7. The van der Waals surface area contributed by atoms with Crippen LogP contribution in [0, 0.1) is 0 Å². The minimum Gasteiger partial charge on any atom is -0.482 e. The Morgan fingerprint density at radius 3 is 2.30 bits per heavy atom. The number of thioether (sulfide) groups is 1. The lowest BCUT2D eigenvalue weighted by atomic mass is 9.99. The zero-order chi connectivity index (χ0) is 30.8. The van der Waals surface area contributed by atoms with Crippen molar-refractivity contribution in [1.82, 2.24) is 16.0 Å². The highest BCUT2D eigenvalue weighted by molar-refractivity contribution is 8.00. The van der Waals surface area contributed by atoms with Crippen molar-refractivity contribution in [3.8, 4) is 22.6 Å². The zero-order valence-corrected chi connectivity index (χ0v) is 24.3. The van der Waals surface area contributed by atoms with Crippen molar-refractivity contribution < 1.29 is 43.7 Å². The van der Waals surface area contributed by atoms with Crippen LogP contribution in [0.25, 0.3) is 11.1 Å². The molecule has 0 unspecified atom stereocenters. The first-order chi connectivity index (χ1) is 20.7. The summed E-state index contributed by atoms with van der Waals surface area (Å²) in [6.07, 6.45) is 3.59. The lowest BCUT2D eigenvalue weighted by Crippen LogP contribution is -2.36. The second kappa shape index (κ2) is 15.3. The lowest BCUT2D eigenvalue weighted by Gasteiger charge is -2.16. The van der Waals surface area contributed by atoms with Crippen LogP contribution in [0.5, 0.6) is 11.5 Å². The number of carbonyl (C=O) groups is 5. The number of urea groups is 1. The third kappa shape index (κ3) is 9.63. The number of ether oxygens (including phenoxy) is 2. The average molecular weight is 614 g/mol. The van der Waals surface area contributed by atoms with E-state index in [-0.39, 0.29) is 42.0 Å². The molecule has 2 aromatic rings. The van der Waals surface area contributed by atoms with E-state index < -0.39 is 25.2 Å². The van der Waals surface area contributed by atoms with Crippen LogP contribution in [0.2, 0.25) is 0 Å². The van der Waals surface area contributed by atoms with Crippen LogP contribution in [0.1, 0.15) is 48.9 Å². The molecule has 3 amide bonds. The molecule has 0 aliphatic carbocycles. The quantitative estimate of drug-likeness (QED) is 0.101. The van der Waals surface area contributed by atoms with Crippen molar-refractivity contribution in [3.63, 3.8) is 0 Å². The molecule has 2 fully saturated rings. The van der Waals surface area contributed by atoms with Gasteiger partial charge in [-0.1, -0.05) is 18.6 Å². The predicted octanol–water partition coefficient (Wildman–Crippen LogP) is 3.09. The summed E-state index contributed by atoms with van der Waals surface area (Å²) in [7, 11) is 0. The minimum atomic E-state index is -1.15. The molecule has 0 radical (unpaired) electrons. The summed E-state index contributed by atoms with van der Waals surface area (Å²) in [5.41, 5.74) is 1.65. The number of amides is 3. The smallest absolute Gasteiger partial charge is 0.341 e. The molecule has 230 valence electrons. The van der Waals surface area contributed by atoms with Gasteiger partial charge < -0.3 is 35.6 Å². The third-order valence-corrected chi connectivity index (χ3v) is 8.63. The number of ketones is 1. The van der Waals surface area contributed by atoms with E-state index in [1.807, 2.05) is 11.8 Å². The van der Waals surface area contributed by atoms with Gasteiger partial charge in [0.05, 0.1) is 12.1 Å². The molecule has 5 N–H and O–H groups in total. The molecule has 13 heteroatoms. The summed E-state index contributed by atoms with van der Waals surface area (Å²) < 4.78 is 10.5. The van der Waals surface area contributed by atoms with Gasteiger partial charge in [-0.3, -0.25) is 9.59 Å². The molecular formula is C30H35N3O9S. The molecule has 0 bridgehead atoms. The maximum atomic E-state index is 13.0. The van der Waals surface area contributed by atoms with Gasteiger partial charge in [-0.15, -0.1) is 0 Å². The van der Waals surface area contributed by atoms with Crippen LogP contribution >= 0.6 is 11.8 Å². The Bertz CT molecular complexity index is 1330. The fourth-order valence-electron chi connectivity index (χ4n) is 5.03. The first-order valence-corrected chi connectivity index (χ1v) is 15.2. The molecule has 2 aliphatic heterocycles. The zero-order valence-electron chi connectivity index (χ0n) is 23.5. The Labute approximate surface area is 252 Å². The molecule has 2 aromatic carbocycles. The standard InChI is InChI=1S/C30H35N3O9S/c34-24(4-3-11-31-26(35)6-2-1-5-25-29-23(17-43-25)32-30(40)33-29)20-12-19(13-22(14-20)42-16-28(38)39)18-7-9-21(10-8-18)41-15-27(36)37/h7-10,12-14,23,25,29H,1-6,11,15-17H2,(H,31,35)(H,36,37)(H,38,39)(H2,32,33,40)/t23-,25-,29-/m0/s1. The Morgan fingerprint density at radius 2 is 1.58 bits per heavy atom. The van der Waals surface area contributed by atoms with Gasteiger partial charge in [-0.2, -0.15) is 11.8 Å². The van der Waals surface area contributed by atoms with Gasteiger partial charge >= 0.3 is 18.0 Å². The van der Waals surface area contributed by atoms with Gasteiger partial charge in [0.2, 0.25) is 5.91 Å². The first-order valence-electron chi connectivity index (χ1n) is 14.1. The van der Waals surface area contributed by atoms with Crippen LogP contribution in [-0.4, -0.2) is 82.7 Å². The number of Topliss-reactive ketones (excluding diaryl/α,β-unsaturated/α-hetero) is 1. The molecular weight excluding hydrogens is 578 g/mol. The summed E-state index contributed by atoms with van der Waals surface area (Å²) in [5.74, 6) is -0.999. The largest absolute Gasteiger partial charge is 0.482 e. The molecule has 0 aromatic heterocycles. The summed E-state index contributed by atoms with van der Waals surface area (Å²) in [4.78, 5) is 58.5. The van der Waals surface area contributed by atoms with Crippen LogP contribution in [0.4, 0.5) is 4.79 Å². The van der Waals surface area contributed by atoms with Crippen molar-refractivity contribution in [1.29, 1.82) is 0 Å². The lowest BCUT2D eigenvalue weighted by molar-refractivity contribution is -0.140. The van der Waals surface area contributed by atoms with E-state index in [1.54, 1.807) is 36.4 Å². The number of unbranched alkanes of at least 4 members (excludes halogenated alkanes) is 1. The minimum absolute atomic E-state index is 0.0672. The monoisotopic (exact) mass is 613 g/mol. The number of rotatable bonds is 17. The van der Waals surface area contributed by atoms with Crippen molar-refractivity contribution in [3.05, 3.63) is 48.0 Å². The van der Waals surface area contributed by atoms with Crippen LogP contribution in [0.15, 0.2) is 42.5 Å². The molecule has 2 saturated heterocycles. The molecule has 43 heavy (non-hydrogen) atoms. The van der Waals surface area contributed by atoms with Gasteiger partial charge in [0.15, 0.2) is 19.0 Å². The van der Waals surface area contributed by atoms with Gasteiger partial charge in [0, 0.05) is 36.0 Å². The van der Waals surface area contributed by atoms with Crippen molar-refractivity contribution >= 4 is 41.4 Å². The summed E-state index contributed by atoms with van der Waals surface area (Å²) in [6, 6.07) is 11.6. The van der Waals surface area contributed by atoms with Gasteiger partial charge in [-0.25, -0.2) is 14.4 Å². The number of hydrogen-bond acceptors (Lipinski definition) is 8. The Balaban J connectivity index is 1.23. The molecule has 4 rings (SSSR count). The van der Waals surface area contributed by atoms with Gasteiger partial charge in [0.1, 0.15) is 11.5 Å². The van der Waals surface area contributed by atoms with Crippen LogP contribution in [0.3, 0.4) is 0 Å². The number of hydrogen-bond donors (Lipinski definition) is 5. The van der Waals surface area contributed by atoms with Gasteiger partial charge in [-0.05, 0) is 60.7 Å². The van der Waals surface area contributed by atoms with Crippen molar-refractivity contribution in [2.24, 2.45) is 0 Å². The Kier molecular flexibility index (Phi) is 11.3. The van der Waals surface area contributed by atoms with E-state index in [4.69, 9.17) is 19.7 Å². The van der Waals surface area contributed by atoms with Crippen LogP contribution in [-0.2, 0) is 14.4 Å². The van der Waals surface area contributed by atoms with E-state index in [1.165, 1.54) is 6.07 Å². The van der Waals surface area contributed by atoms with Crippen molar-refractivity contribution in [2.45, 2.75) is 55.9 Å². The number of nitrogens with one attached hydrogen (secondary N) is 3. The maximum Gasteiger partial charge on any atom is 0.341 e. The highest BCUT2D eigenvalue weighted by atomic mass is 32.2. The Hall–Kier alpha value is -4.26. The number of benzene rings is 2. The fraction of sp³-hybridized carbons (Fsp3) is 0.433. The molecule has 0 saturated carbocycles. The highest BCUT2D eigenvalue weighted by Gasteiger charge is 2.42. The number of aliphatic carboxylic acids is 2. The van der Waals surface area contributed by atoms with Gasteiger partial charge in [0.25, 0.3) is 0 Å². The van der Waals surface area contributed by atoms with E-state index >= 15 is 0 Å². The first kappa shape index (κ1) is 31.7. The number of carbonyl (C=O) groups excluding carboxylic acids is 3. The SMILES string of the molecule is O=C(O)COc1ccc(-c2cc(OCC(=O)O)cc(C(=O)CCCNC(=O)CCCC[C@@H]3SC[C@@H]4NC(=O)N[C@@H]43)c2)cc1. The Morgan fingerprint density at radius 1 is 0.860 bits per heavy atom. The second-order valence-electron chi connectivity index (χ2n) is 10.4. The maximum absolute atomic E-state index is 13.0. The van der Waals surface area contributed by atoms with E-state index in [0.717, 1.165) is 25.0 Å². The molecule has 12 nitrogen and oxygen atoms in total. The average Bonchev–Trinajstić information content (AvgIpc) is 3.54. The van der Waals surface area contributed by atoms with Crippen LogP contribution < -0.4 is 25.4 Å². The molecule has 3 atom stereocenters. The molecule has 0 spiro atoms. The fourth-order valence-corrected chi connectivity index (χ4v) is 6.57. The predicted molar refractivity (Wildman–Crippen MR) is 159 cm³/mol. The molecule has 2 aliphatic rings. The molecule has 2 heterocycles. The van der Waals surface area contributed by atoms with E-state index in [9.17, 15) is 24.0 Å². The second-order valence-corrected chi connectivity index (χ2v) is 11.7.